The number of piperazine rings is 2. The van der Waals surface area contributed by atoms with Gasteiger partial charge in [0.1, 0.15) is 23.8 Å². The molecule has 4 aliphatic heterocycles. The second-order valence-electron chi connectivity index (χ2n) is 14.5. The molecule has 280 valence electrons. The molecule has 0 radical (unpaired) electrons. The topological polar surface area (TPSA) is 119 Å². The van der Waals surface area contributed by atoms with Crippen molar-refractivity contribution in [3.05, 3.63) is 102 Å². The second-order valence-corrected chi connectivity index (χ2v) is 14.5. The monoisotopic (exact) mass is 721 g/mol. The third-order valence-corrected chi connectivity index (χ3v) is 11.1. The number of nitrogens with zero attached hydrogens (tertiary/aromatic N) is 8. The molecule has 4 amide bonds. The lowest BCUT2D eigenvalue weighted by atomic mass is 9.98. The van der Waals surface area contributed by atoms with E-state index in [2.05, 4.69) is 40.4 Å². The number of hydrogen-bond acceptors (Lipinski definition) is 9. The van der Waals surface area contributed by atoms with Gasteiger partial charge >= 0.3 is 6.03 Å². The van der Waals surface area contributed by atoms with Gasteiger partial charge in [0.15, 0.2) is 0 Å². The van der Waals surface area contributed by atoms with Crippen LogP contribution in [-0.2, 0) is 29.1 Å². The van der Waals surface area contributed by atoms with Crippen LogP contribution in [0.15, 0.2) is 85.5 Å². The minimum Gasteiger partial charge on any atom is -0.508 e. The smallest absolute Gasteiger partial charge is 0.334 e. The first-order valence-corrected chi connectivity index (χ1v) is 18.8. The van der Waals surface area contributed by atoms with Crippen molar-refractivity contribution in [1.29, 1.82) is 0 Å². The number of aromatic nitrogens is 1. The van der Waals surface area contributed by atoms with Gasteiger partial charge in [-0.15, -0.1) is 6.58 Å². The van der Waals surface area contributed by atoms with Crippen LogP contribution in [0.3, 0.4) is 0 Å². The molecule has 3 atom stereocenters. The number of likely N-dealkylation sites (N-methyl/N-ethyl adjacent to an activating group) is 1. The number of nitrogens with one attached hydrogen (secondary N) is 1. The van der Waals surface area contributed by atoms with E-state index in [1.54, 1.807) is 50.2 Å². The van der Waals surface area contributed by atoms with E-state index in [0.717, 1.165) is 61.9 Å². The number of pyridine rings is 1. The van der Waals surface area contributed by atoms with Crippen LogP contribution in [0.25, 0.3) is 0 Å². The number of aromatic hydroxyl groups is 1. The summed E-state index contributed by atoms with van der Waals surface area (Å²) >= 11 is 0. The van der Waals surface area contributed by atoms with Gasteiger partial charge in [0, 0.05) is 64.3 Å². The van der Waals surface area contributed by atoms with Crippen LogP contribution in [0.2, 0.25) is 0 Å². The first-order valence-electron chi connectivity index (χ1n) is 18.8. The molecule has 0 bridgehead atoms. The van der Waals surface area contributed by atoms with Gasteiger partial charge in [0.25, 0.3) is 0 Å². The Morgan fingerprint density at radius 3 is 2.45 bits per heavy atom. The van der Waals surface area contributed by atoms with E-state index >= 15 is 0 Å². The normalized spacial score (nSPS) is 23.2. The maximum absolute atomic E-state index is 14.5. The van der Waals surface area contributed by atoms with Crippen molar-refractivity contribution in [2.45, 2.75) is 57.6 Å². The fourth-order valence-corrected chi connectivity index (χ4v) is 8.18. The van der Waals surface area contributed by atoms with Crippen LogP contribution in [0.5, 0.6) is 5.75 Å². The Morgan fingerprint density at radius 2 is 1.74 bits per heavy atom. The molecule has 2 N–H and O–H groups in total. The molecule has 0 saturated carbocycles. The molecule has 3 aromatic rings. The number of urea groups is 1. The zero-order valence-corrected chi connectivity index (χ0v) is 30.8. The summed E-state index contributed by atoms with van der Waals surface area (Å²) in [6.07, 6.45) is 1.13. The van der Waals surface area contributed by atoms with E-state index in [-0.39, 0.29) is 56.2 Å². The molecule has 4 fully saturated rings. The highest BCUT2D eigenvalue weighted by Crippen LogP contribution is 2.30. The Labute approximate surface area is 312 Å². The van der Waals surface area contributed by atoms with Crippen molar-refractivity contribution in [1.82, 2.24) is 39.9 Å². The number of fused-ring (bicyclic) bond motifs is 1. The van der Waals surface area contributed by atoms with Gasteiger partial charge in [-0.25, -0.2) is 19.8 Å². The predicted molar refractivity (Wildman–Crippen MR) is 202 cm³/mol. The van der Waals surface area contributed by atoms with Crippen LogP contribution < -0.4 is 10.2 Å². The maximum Gasteiger partial charge on any atom is 0.334 e. The van der Waals surface area contributed by atoms with Crippen LogP contribution in [0, 0.1) is 0 Å². The molecule has 7 rings (SSSR count). The number of phenols is 1. The van der Waals surface area contributed by atoms with Crippen molar-refractivity contribution in [3.63, 3.8) is 0 Å². The molecule has 53 heavy (non-hydrogen) atoms. The molecule has 0 spiro atoms. The fraction of sp³-hybridized carbons (Fsp3) is 0.450. The Bertz CT molecular complexity index is 1770. The second kappa shape index (κ2) is 15.9. The highest BCUT2D eigenvalue weighted by molar-refractivity contribution is 5.91. The van der Waals surface area contributed by atoms with E-state index in [4.69, 9.17) is 4.98 Å². The molecule has 5 heterocycles. The van der Waals surface area contributed by atoms with Crippen molar-refractivity contribution in [2.24, 2.45) is 0 Å². The fourth-order valence-electron chi connectivity index (χ4n) is 8.18. The third-order valence-electron chi connectivity index (χ3n) is 11.1. The number of anilines is 1. The van der Waals surface area contributed by atoms with Crippen molar-refractivity contribution in [3.8, 4) is 5.75 Å². The maximum atomic E-state index is 14.5. The lowest BCUT2D eigenvalue weighted by Gasteiger charge is -2.55. The van der Waals surface area contributed by atoms with Crippen molar-refractivity contribution in [2.75, 3.05) is 63.8 Å². The highest BCUT2D eigenvalue weighted by atomic mass is 16.3. The summed E-state index contributed by atoms with van der Waals surface area (Å²) in [6, 6.07) is 22.1. The van der Waals surface area contributed by atoms with Gasteiger partial charge in [-0.2, -0.15) is 0 Å². The quantitative estimate of drug-likeness (QED) is 0.289. The van der Waals surface area contributed by atoms with Crippen molar-refractivity contribution < 1.29 is 19.5 Å². The van der Waals surface area contributed by atoms with Crippen LogP contribution in [-0.4, -0.2) is 141 Å². The van der Waals surface area contributed by atoms with Gasteiger partial charge in [-0.1, -0.05) is 61.5 Å². The molecule has 13 heteroatoms. The van der Waals surface area contributed by atoms with E-state index in [1.807, 2.05) is 48.5 Å². The lowest BCUT2D eigenvalue weighted by Crippen LogP contribution is -2.76. The molecular formula is C40H51N9O4. The summed E-state index contributed by atoms with van der Waals surface area (Å²) in [6.45, 7) is 15.4. The number of rotatable bonds is 11. The van der Waals surface area contributed by atoms with Gasteiger partial charge in [0.05, 0.1) is 25.3 Å². The number of hydrogen-bond donors (Lipinski definition) is 2. The number of phenolic OH excluding ortho intramolecular Hbond substituents is 1. The summed E-state index contributed by atoms with van der Waals surface area (Å²) in [4.78, 5) is 58.2. The Hall–Kier alpha value is -4.98. The average Bonchev–Trinajstić information content (AvgIpc) is 3.13. The minimum absolute atomic E-state index is 0.0751. The lowest BCUT2D eigenvalue weighted by molar-refractivity contribution is -0.189. The van der Waals surface area contributed by atoms with Gasteiger partial charge in [-0.3, -0.25) is 19.4 Å². The Kier molecular flexibility index (Phi) is 10.9. The largest absolute Gasteiger partial charge is 0.508 e. The number of amides is 4. The molecule has 0 aliphatic carbocycles. The molecule has 4 saturated heterocycles. The molecule has 2 aromatic carbocycles. The summed E-state index contributed by atoms with van der Waals surface area (Å²) in [5.41, 5.74) is 2.48. The van der Waals surface area contributed by atoms with Gasteiger partial charge < -0.3 is 25.1 Å². The van der Waals surface area contributed by atoms with Crippen LogP contribution >= 0.6 is 0 Å². The van der Waals surface area contributed by atoms with E-state index in [0.29, 0.717) is 18.6 Å². The third kappa shape index (κ3) is 7.87. The summed E-state index contributed by atoms with van der Waals surface area (Å²) in [5.74, 6) is 0.559. The number of carbonyl (C=O) groups excluding carboxylic acids is 3. The first kappa shape index (κ1) is 36.4. The van der Waals surface area contributed by atoms with E-state index in [1.165, 1.54) is 0 Å². The van der Waals surface area contributed by atoms with Gasteiger partial charge in [-0.05, 0) is 48.9 Å². The standard InChI is InChI=1S/C40H51N9O4/c1-4-18-47-28-38(51)48-35(21-30-14-16-34(50)17-15-30)39(52)46(27-37(48)49(47)40(53)41-22-31-10-7-6-8-11-31)24-32-12-9-13-36(42-32)45-25-33(26-45)44-20-19-43(5-2)29(3)23-44/h4,6-17,29,33,35,37,50H,1,5,18-28H2,2-3H3,(H,41,53)/t29-,35-,37-/m0/s1. The average molecular weight is 722 g/mol. The summed E-state index contributed by atoms with van der Waals surface area (Å²) < 4.78 is 0. The summed E-state index contributed by atoms with van der Waals surface area (Å²) in [5, 5.41) is 16.3. The number of hydrazine groups is 1. The summed E-state index contributed by atoms with van der Waals surface area (Å²) in [7, 11) is 0. The highest BCUT2D eigenvalue weighted by Gasteiger charge is 2.51. The number of carbonyl (C=O) groups is 3. The molecular weight excluding hydrogens is 670 g/mol. The molecule has 13 nitrogen and oxygen atoms in total. The van der Waals surface area contributed by atoms with Crippen LogP contribution in [0.1, 0.15) is 30.7 Å². The predicted octanol–water partition coefficient (Wildman–Crippen LogP) is 2.74. The van der Waals surface area contributed by atoms with Crippen LogP contribution in [0.4, 0.5) is 10.6 Å². The molecule has 1 aromatic heterocycles. The Balaban J connectivity index is 1.12. The first-order chi connectivity index (χ1) is 25.7. The molecule has 4 aliphatic rings. The zero-order chi connectivity index (χ0) is 37.1. The minimum atomic E-state index is -0.865. The Morgan fingerprint density at radius 1 is 0.962 bits per heavy atom. The molecule has 0 unspecified atom stereocenters. The SMILES string of the molecule is C=CCN1CC(=O)N2[C@@H](Cc3ccc(O)cc3)C(=O)N(Cc3cccc(N4CC(N5CCN(CC)[C@@H](C)C5)C4)n3)C[C@@H]2N1C(=O)NCc1ccccc1. The van der Waals surface area contributed by atoms with E-state index < -0.39 is 12.2 Å². The van der Waals surface area contributed by atoms with E-state index in [9.17, 15) is 19.5 Å². The van der Waals surface area contributed by atoms with Crippen molar-refractivity contribution >= 4 is 23.7 Å². The zero-order valence-electron chi connectivity index (χ0n) is 30.8. The van der Waals surface area contributed by atoms with Gasteiger partial charge in [0.2, 0.25) is 11.8 Å². The number of benzene rings is 2.